The summed E-state index contributed by atoms with van der Waals surface area (Å²) in [6.45, 7) is 5.37. The molecule has 5 nitrogen and oxygen atoms in total. The van der Waals surface area contributed by atoms with Gasteiger partial charge in [0.1, 0.15) is 6.42 Å². The van der Waals surface area contributed by atoms with Crippen LogP contribution in [0.25, 0.3) is 0 Å². The zero-order chi connectivity index (χ0) is 18.4. The number of carbonyl (C=O) groups excluding carboxylic acids is 2. The van der Waals surface area contributed by atoms with Crippen molar-refractivity contribution in [2.24, 2.45) is 0 Å². The maximum absolute atomic E-state index is 12.4. The number of benzene rings is 2. The van der Waals surface area contributed by atoms with Crippen LogP contribution >= 0.6 is 0 Å². The molecule has 2 amide bonds. The number of amides is 2. The lowest BCUT2D eigenvalue weighted by molar-refractivity contribution is -0.136. The van der Waals surface area contributed by atoms with Crippen molar-refractivity contribution in [3.63, 3.8) is 0 Å². The van der Waals surface area contributed by atoms with Gasteiger partial charge < -0.3 is 15.1 Å². The highest BCUT2D eigenvalue weighted by Gasteiger charge is 2.22. The number of nitrogens with one attached hydrogen (secondary N) is 1. The minimum absolute atomic E-state index is 0.0861. The van der Waals surface area contributed by atoms with E-state index >= 15 is 0 Å². The van der Waals surface area contributed by atoms with Crippen molar-refractivity contribution >= 4 is 17.5 Å². The zero-order valence-corrected chi connectivity index (χ0v) is 15.1. The lowest BCUT2D eigenvalue weighted by Crippen LogP contribution is -2.49. The SMILES string of the molecule is Cc1ccc(CNC(=O)CC(=O)N2CCN(c3ccccc3)CC2)cc1. The van der Waals surface area contributed by atoms with Gasteiger partial charge in [0, 0.05) is 38.4 Å². The molecular weight excluding hydrogens is 326 g/mol. The second-order valence-corrected chi connectivity index (χ2v) is 6.64. The molecule has 0 radical (unpaired) electrons. The molecule has 0 aromatic heterocycles. The van der Waals surface area contributed by atoms with Crippen molar-refractivity contribution < 1.29 is 9.59 Å². The van der Waals surface area contributed by atoms with Gasteiger partial charge in [-0.05, 0) is 24.6 Å². The average Bonchev–Trinajstić information content (AvgIpc) is 2.68. The number of hydrogen-bond donors (Lipinski definition) is 1. The third-order valence-electron chi connectivity index (χ3n) is 4.68. The number of carbonyl (C=O) groups is 2. The number of aryl methyl sites for hydroxylation is 1. The first-order valence-electron chi connectivity index (χ1n) is 9.02. The van der Waals surface area contributed by atoms with Crippen LogP contribution in [0.15, 0.2) is 54.6 Å². The van der Waals surface area contributed by atoms with E-state index in [0.29, 0.717) is 19.6 Å². The largest absolute Gasteiger partial charge is 0.368 e. The number of piperazine rings is 1. The van der Waals surface area contributed by atoms with E-state index in [1.807, 2.05) is 49.4 Å². The van der Waals surface area contributed by atoms with Crippen LogP contribution in [-0.4, -0.2) is 42.9 Å². The second kappa shape index (κ2) is 8.52. The number of hydrogen-bond acceptors (Lipinski definition) is 3. The van der Waals surface area contributed by atoms with Crippen molar-refractivity contribution in [3.8, 4) is 0 Å². The van der Waals surface area contributed by atoms with E-state index in [0.717, 1.165) is 18.7 Å². The van der Waals surface area contributed by atoms with Gasteiger partial charge in [-0.25, -0.2) is 0 Å². The highest BCUT2D eigenvalue weighted by molar-refractivity contribution is 5.96. The molecule has 0 spiro atoms. The molecule has 5 heteroatoms. The van der Waals surface area contributed by atoms with E-state index in [1.165, 1.54) is 11.3 Å². The van der Waals surface area contributed by atoms with Crippen LogP contribution in [0.1, 0.15) is 17.5 Å². The van der Waals surface area contributed by atoms with E-state index in [-0.39, 0.29) is 18.2 Å². The summed E-state index contributed by atoms with van der Waals surface area (Å²) in [6.07, 6.45) is -0.0861. The van der Waals surface area contributed by atoms with Crippen LogP contribution in [0, 0.1) is 6.92 Å². The Hall–Kier alpha value is -2.82. The van der Waals surface area contributed by atoms with Gasteiger partial charge in [0.15, 0.2) is 0 Å². The van der Waals surface area contributed by atoms with Crippen LogP contribution in [0.4, 0.5) is 5.69 Å². The van der Waals surface area contributed by atoms with Gasteiger partial charge in [0.25, 0.3) is 0 Å². The third kappa shape index (κ3) is 4.85. The third-order valence-corrected chi connectivity index (χ3v) is 4.68. The Balaban J connectivity index is 1.42. The molecule has 1 aliphatic heterocycles. The van der Waals surface area contributed by atoms with Crippen molar-refractivity contribution in [2.75, 3.05) is 31.1 Å². The molecular formula is C21H25N3O2. The van der Waals surface area contributed by atoms with Crippen LogP contribution in [0.3, 0.4) is 0 Å². The monoisotopic (exact) mass is 351 g/mol. The molecule has 0 atom stereocenters. The van der Waals surface area contributed by atoms with Gasteiger partial charge in [-0.1, -0.05) is 48.0 Å². The smallest absolute Gasteiger partial charge is 0.232 e. The number of nitrogens with zero attached hydrogens (tertiary/aromatic N) is 2. The quantitative estimate of drug-likeness (QED) is 0.842. The van der Waals surface area contributed by atoms with Crippen molar-refractivity contribution in [1.82, 2.24) is 10.2 Å². The number of rotatable bonds is 5. The zero-order valence-electron chi connectivity index (χ0n) is 15.1. The molecule has 1 heterocycles. The summed E-state index contributed by atoms with van der Waals surface area (Å²) < 4.78 is 0. The van der Waals surface area contributed by atoms with E-state index < -0.39 is 0 Å². The van der Waals surface area contributed by atoms with Crippen LogP contribution in [0.5, 0.6) is 0 Å². The summed E-state index contributed by atoms with van der Waals surface area (Å²) in [5.41, 5.74) is 3.40. The van der Waals surface area contributed by atoms with E-state index in [1.54, 1.807) is 4.90 Å². The van der Waals surface area contributed by atoms with Crippen molar-refractivity contribution in [3.05, 3.63) is 65.7 Å². The lowest BCUT2D eigenvalue weighted by atomic mass is 10.1. The molecule has 3 rings (SSSR count). The Morgan fingerprint density at radius 1 is 0.923 bits per heavy atom. The van der Waals surface area contributed by atoms with Crippen LogP contribution in [-0.2, 0) is 16.1 Å². The first-order valence-corrected chi connectivity index (χ1v) is 9.02. The highest BCUT2D eigenvalue weighted by atomic mass is 16.2. The number of para-hydroxylation sites is 1. The normalized spacial score (nSPS) is 14.2. The van der Waals surface area contributed by atoms with Gasteiger partial charge in [-0.3, -0.25) is 9.59 Å². The standard InChI is InChI=1S/C21H25N3O2/c1-17-7-9-18(10-8-17)16-22-20(25)15-21(26)24-13-11-23(12-14-24)19-5-3-2-4-6-19/h2-10H,11-16H2,1H3,(H,22,25). The van der Waals surface area contributed by atoms with E-state index in [2.05, 4.69) is 22.3 Å². The van der Waals surface area contributed by atoms with Gasteiger partial charge in [0.05, 0.1) is 0 Å². The Morgan fingerprint density at radius 2 is 1.58 bits per heavy atom. The molecule has 1 fully saturated rings. The fraction of sp³-hybridized carbons (Fsp3) is 0.333. The fourth-order valence-corrected chi connectivity index (χ4v) is 3.07. The molecule has 0 aliphatic carbocycles. The summed E-state index contributed by atoms with van der Waals surface area (Å²) in [5, 5.41) is 2.83. The number of anilines is 1. The maximum Gasteiger partial charge on any atom is 0.232 e. The van der Waals surface area contributed by atoms with Crippen LogP contribution in [0.2, 0.25) is 0 Å². The van der Waals surface area contributed by atoms with Gasteiger partial charge in [0.2, 0.25) is 11.8 Å². The van der Waals surface area contributed by atoms with Gasteiger partial charge in [-0.15, -0.1) is 0 Å². The minimum atomic E-state index is -0.221. The van der Waals surface area contributed by atoms with Gasteiger partial charge in [-0.2, -0.15) is 0 Å². The Bertz CT molecular complexity index is 736. The molecule has 0 bridgehead atoms. The second-order valence-electron chi connectivity index (χ2n) is 6.64. The van der Waals surface area contributed by atoms with Crippen molar-refractivity contribution in [1.29, 1.82) is 0 Å². The van der Waals surface area contributed by atoms with Crippen LogP contribution < -0.4 is 10.2 Å². The lowest BCUT2D eigenvalue weighted by Gasteiger charge is -2.36. The summed E-state index contributed by atoms with van der Waals surface area (Å²) in [4.78, 5) is 28.5. The predicted molar refractivity (Wildman–Crippen MR) is 103 cm³/mol. The molecule has 0 saturated carbocycles. The molecule has 1 N–H and O–H groups in total. The first-order chi connectivity index (χ1) is 12.6. The molecule has 26 heavy (non-hydrogen) atoms. The molecule has 2 aromatic rings. The molecule has 0 unspecified atom stereocenters. The molecule has 136 valence electrons. The molecule has 1 saturated heterocycles. The van der Waals surface area contributed by atoms with Crippen molar-refractivity contribution in [2.45, 2.75) is 19.9 Å². The Morgan fingerprint density at radius 3 is 2.23 bits per heavy atom. The van der Waals surface area contributed by atoms with E-state index in [4.69, 9.17) is 0 Å². The maximum atomic E-state index is 12.4. The topological polar surface area (TPSA) is 52.7 Å². The minimum Gasteiger partial charge on any atom is -0.368 e. The molecule has 1 aliphatic rings. The summed E-state index contributed by atoms with van der Waals surface area (Å²) >= 11 is 0. The molecule has 2 aromatic carbocycles. The highest BCUT2D eigenvalue weighted by Crippen LogP contribution is 2.15. The predicted octanol–water partition coefficient (Wildman–Crippen LogP) is 2.35. The van der Waals surface area contributed by atoms with E-state index in [9.17, 15) is 9.59 Å². The average molecular weight is 351 g/mol. The Labute approximate surface area is 154 Å². The summed E-state index contributed by atoms with van der Waals surface area (Å²) in [7, 11) is 0. The fourth-order valence-electron chi connectivity index (χ4n) is 3.07. The summed E-state index contributed by atoms with van der Waals surface area (Å²) in [6, 6.07) is 18.2. The first kappa shape index (κ1) is 18.0. The van der Waals surface area contributed by atoms with Gasteiger partial charge >= 0.3 is 0 Å². The Kier molecular flexibility index (Phi) is 5.89. The summed E-state index contributed by atoms with van der Waals surface area (Å²) in [5.74, 6) is -0.319.